The standard InChI is InChI=1S/C14H22O7/c1-8-10(17-14(9-2)20-21-14)16-13(6,7)19-11(15)18-12(3,4)5/h8-10H,1-2H2,3-7H3. The van der Waals surface area contributed by atoms with E-state index < -0.39 is 29.8 Å². The second-order valence-electron chi connectivity index (χ2n) is 5.78. The Morgan fingerprint density at radius 2 is 1.71 bits per heavy atom. The fourth-order valence-electron chi connectivity index (χ4n) is 1.25. The summed E-state index contributed by atoms with van der Waals surface area (Å²) in [6.07, 6.45) is 0.876. The Bertz CT molecular complexity index is 404. The lowest BCUT2D eigenvalue weighted by molar-refractivity contribution is -0.284. The summed E-state index contributed by atoms with van der Waals surface area (Å²) in [7, 11) is 0. The predicted octanol–water partition coefficient (Wildman–Crippen LogP) is 3.02. The Balaban J connectivity index is 2.54. The van der Waals surface area contributed by atoms with Crippen LogP contribution in [0.4, 0.5) is 4.79 Å². The quantitative estimate of drug-likeness (QED) is 0.235. The van der Waals surface area contributed by atoms with E-state index in [2.05, 4.69) is 22.9 Å². The molecular weight excluding hydrogens is 280 g/mol. The fraction of sp³-hybridized carbons (Fsp3) is 0.643. The number of carbonyl (C=O) groups excluding carboxylic acids is 1. The predicted molar refractivity (Wildman–Crippen MR) is 72.7 cm³/mol. The van der Waals surface area contributed by atoms with Gasteiger partial charge in [0.25, 0.3) is 0 Å². The lowest BCUT2D eigenvalue weighted by Gasteiger charge is -2.30. The van der Waals surface area contributed by atoms with E-state index in [4.69, 9.17) is 18.9 Å². The average molecular weight is 302 g/mol. The zero-order chi connectivity index (χ0) is 16.3. The molecule has 1 aliphatic rings. The smallest absolute Gasteiger partial charge is 0.428 e. The van der Waals surface area contributed by atoms with Gasteiger partial charge in [-0.15, -0.1) is 0 Å². The molecule has 0 aromatic carbocycles. The van der Waals surface area contributed by atoms with Gasteiger partial charge in [-0.3, -0.25) is 4.74 Å². The SMILES string of the molecule is C=CC(OC(C)(C)OC(=O)OC(C)(C)C)OC1(C=C)OO1. The molecule has 1 heterocycles. The average Bonchev–Trinajstić information content (AvgIpc) is 3.04. The van der Waals surface area contributed by atoms with Gasteiger partial charge in [0, 0.05) is 19.9 Å². The van der Waals surface area contributed by atoms with E-state index in [0.29, 0.717) is 0 Å². The third-order valence-electron chi connectivity index (χ3n) is 2.09. The zero-order valence-electron chi connectivity index (χ0n) is 13.0. The molecule has 1 saturated heterocycles. The molecule has 0 amide bonds. The molecule has 7 heteroatoms. The van der Waals surface area contributed by atoms with Crippen molar-refractivity contribution < 1.29 is 33.5 Å². The summed E-state index contributed by atoms with van der Waals surface area (Å²) in [4.78, 5) is 20.9. The molecule has 0 aromatic rings. The van der Waals surface area contributed by atoms with Crippen molar-refractivity contribution >= 4 is 6.16 Å². The van der Waals surface area contributed by atoms with Crippen molar-refractivity contribution in [1.29, 1.82) is 0 Å². The van der Waals surface area contributed by atoms with E-state index in [1.807, 2.05) is 0 Å². The minimum Gasteiger partial charge on any atom is -0.428 e. The third kappa shape index (κ3) is 6.26. The first-order valence-corrected chi connectivity index (χ1v) is 6.41. The summed E-state index contributed by atoms with van der Waals surface area (Å²) in [6.45, 7) is 15.3. The van der Waals surface area contributed by atoms with Crippen LogP contribution in [0.15, 0.2) is 25.3 Å². The van der Waals surface area contributed by atoms with Crippen LogP contribution < -0.4 is 0 Å². The Morgan fingerprint density at radius 3 is 2.10 bits per heavy atom. The largest absolute Gasteiger partial charge is 0.511 e. The molecule has 0 saturated carbocycles. The van der Waals surface area contributed by atoms with E-state index in [9.17, 15) is 4.79 Å². The van der Waals surface area contributed by atoms with Crippen LogP contribution in [0.5, 0.6) is 0 Å². The maximum atomic E-state index is 11.6. The van der Waals surface area contributed by atoms with Gasteiger partial charge in [-0.1, -0.05) is 13.2 Å². The summed E-state index contributed by atoms with van der Waals surface area (Å²) < 4.78 is 21.0. The molecule has 1 fully saturated rings. The normalized spacial score (nSPS) is 18.5. The number of hydrogen-bond acceptors (Lipinski definition) is 7. The van der Waals surface area contributed by atoms with Crippen LogP contribution in [0.1, 0.15) is 34.6 Å². The van der Waals surface area contributed by atoms with Gasteiger partial charge in [-0.2, -0.15) is 9.78 Å². The van der Waals surface area contributed by atoms with Gasteiger partial charge in [0.2, 0.25) is 5.79 Å². The molecule has 0 spiro atoms. The van der Waals surface area contributed by atoms with E-state index in [-0.39, 0.29) is 0 Å². The van der Waals surface area contributed by atoms with E-state index >= 15 is 0 Å². The van der Waals surface area contributed by atoms with Gasteiger partial charge < -0.3 is 14.2 Å². The minimum absolute atomic E-state index is 0.663. The van der Waals surface area contributed by atoms with E-state index in [1.54, 1.807) is 20.8 Å². The van der Waals surface area contributed by atoms with Crippen LogP contribution in [0.3, 0.4) is 0 Å². The van der Waals surface area contributed by atoms with Crippen LogP contribution in [0.25, 0.3) is 0 Å². The molecule has 0 aromatic heterocycles. The van der Waals surface area contributed by atoms with E-state index in [1.165, 1.54) is 26.0 Å². The molecule has 1 aliphatic heterocycles. The first-order chi connectivity index (χ1) is 9.51. The van der Waals surface area contributed by atoms with Crippen molar-refractivity contribution in [2.45, 2.75) is 58.3 Å². The molecule has 120 valence electrons. The Hall–Kier alpha value is -1.41. The van der Waals surface area contributed by atoms with Gasteiger partial charge in [0.1, 0.15) is 5.60 Å². The fourth-order valence-corrected chi connectivity index (χ4v) is 1.25. The maximum Gasteiger partial charge on any atom is 0.511 e. The van der Waals surface area contributed by atoms with Crippen molar-refractivity contribution in [2.75, 3.05) is 0 Å². The molecule has 1 rings (SSSR count). The number of carbonyl (C=O) groups is 1. The van der Waals surface area contributed by atoms with Crippen molar-refractivity contribution in [1.82, 2.24) is 0 Å². The number of ether oxygens (including phenoxy) is 4. The van der Waals surface area contributed by atoms with Crippen LogP contribution >= 0.6 is 0 Å². The van der Waals surface area contributed by atoms with Crippen LogP contribution in [-0.2, 0) is 28.7 Å². The maximum absolute atomic E-state index is 11.6. The molecule has 0 N–H and O–H groups in total. The van der Waals surface area contributed by atoms with Gasteiger partial charge in [-0.05, 0) is 26.8 Å². The highest BCUT2D eigenvalue weighted by Crippen LogP contribution is 2.34. The molecule has 0 aliphatic carbocycles. The molecule has 0 bridgehead atoms. The molecule has 1 unspecified atom stereocenters. The second-order valence-corrected chi connectivity index (χ2v) is 5.78. The molecule has 7 nitrogen and oxygen atoms in total. The minimum atomic E-state index is -1.35. The van der Waals surface area contributed by atoms with Crippen LogP contribution in [0.2, 0.25) is 0 Å². The Labute approximate surface area is 124 Å². The zero-order valence-corrected chi connectivity index (χ0v) is 13.0. The first kappa shape index (κ1) is 17.6. The summed E-state index contributed by atoms with van der Waals surface area (Å²) in [5.74, 6) is -2.65. The van der Waals surface area contributed by atoms with Gasteiger partial charge >= 0.3 is 12.1 Å². The van der Waals surface area contributed by atoms with E-state index in [0.717, 1.165) is 0 Å². The van der Waals surface area contributed by atoms with Crippen LogP contribution in [0, 0.1) is 0 Å². The topological polar surface area (TPSA) is 79.1 Å². The molecule has 21 heavy (non-hydrogen) atoms. The molecule has 1 atom stereocenters. The van der Waals surface area contributed by atoms with Crippen molar-refractivity contribution in [3.63, 3.8) is 0 Å². The third-order valence-corrected chi connectivity index (χ3v) is 2.09. The highest BCUT2D eigenvalue weighted by Gasteiger charge is 2.50. The van der Waals surface area contributed by atoms with Gasteiger partial charge in [0.15, 0.2) is 6.29 Å². The highest BCUT2D eigenvalue weighted by molar-refractivity contribution is 5.60. The van der Waals surface area contributed by atoms with Gasteiger partial charge in [0.05, 0.1) is 0 Å². The van der Waals surface area contributed by atoms with Crippen molar-refractivity contribution in [2.24, 2.45) is 0 Å². The summed E-state index contributed by atoms with van der Waals surface area (Å²) in [5.41, 5.74) is -0.663. The molecule has 0 radical (unpaired) electrons. The Morgan fingerprint density at radius 1 is 1.14 bits per heavy atom. The van der Waals surface area contributed by atoms with Gasteiger partial charge in [-0.25, -0.2) is 4.79 Å². The van der Waals surface area contributed by atoms with Crippen molar-refractivity contribution in [3.8, 4) is 0 Å². The second kappa shape index (κ2) is 6.15. The number of rotatable bonds is 7. The lowest BCUT2D eigenvalue weighted by atomic mass is 10.2. The first-order valence-electron chi connectivity index (χ1n) is 6.41. The summed E-state index contributed by atoms with van der Waals surface area (Å²) in [6, 6.07) is 0. The summed E-state index contributed by atoms with van der Waals surface area (Å²) in [5, 5.41) is 0. The highest BCUT2D eigenvalue weighted by atomic mass is 17.5. The molecular formula is C14H22O7. The number of hydrogen-bond donors (Lipinski definition) is 0. The van der Waals surface area contributed by atoms with Crippen molar-refractivity contribution in [3.05, 3.63) is 25.3 Å². The van der Waals surface area contributed by atoms with Crippen LogP contribution in [-0.4, -0.2) is 29.8 Å². The lowest BCUT2D eigenvalue weighted by Crippen LogP contribution is -2.39. The Kier molecular flexibility index (Phi) is 5.16. The monoisotopic (exact) mass is 302 g/mol. The summed E-state index contributed by atoms with van der Waals surface area (Å²) >= 11 is 0.